The fourth-order valence-electron chi connectivity index (χ4n) is 0.158. The van der Waals surface area contributed by atoms with Crippen LogP contribution in [0.4, 0.5) is 0 Å². The molecule has 2 N–H and O–H groups in total. The molecule has 0 aliphatic rings. The molecule has 0 spiro atoms. The first kappa shape index (κ1) is 11.9. The molecule has 0 aromatic carbocycles. The Labute approximate surface area is 74.8 Å². The quantitative estimate of drug-likeness (QED) is 0.184. The summed E-state index contributed by atoms with van der Waals surface area (Å²) in [6, 6.07) is -0.667. The van der Waals surface area contributed by atoms with E-state index in [0.717, 1.165) is 0 Å². The third kappa shape index (κ3) is 4.65. The first-order chi connectivity index (χ1) is 3.72. The Morgan fingerprint density at radius 1 is 1.78 bits per heavy atom. The van der Waals surface area contributed by atoms with Crippen LogP contribution in [0.15, 0.2) is 5.28 Å². The maximum Gasteiger partial charge on any atom is 1.00 e. The Kier molecular flexibility index (Phi) is 8.31. The molecule has 1 atom stereocenters. The minimum absolute atomic E-state index is 0. The summed E-state index contributed by atoms with van der Waals surface area (Å²) in [5.74, 6) is 0. The molecule has 9 heavy (non-hydrogen) atoms. The molecule has 5 nitrogen and oxygen atoms in total. The van der Waals surface area contributed by atoms with E-state index in [1.807, 2.05) is 0 Å². The molecule has 0 bridgehead atoms. The van der Waals surface area contributed by atoms with Gasteiger partial charge in [-0.1, -0.05) is 4.86 Å². The summed E-state index contributed by atoms with van der Waals surface area (Å²) in [5, 5.41) is 28.3. The molecule has 48 valence electrons. The van der Waals surface area contributed by atoms with Crippen LogP contribution in [-0.4, -0.2) is 27.8 Å². The van der Waals surface area contributed by atoms with Crippen LogP contribution in [0.3, 0.4) is 0 Å². The zero-order chi connectivity index (χ0) is 6.57. The van der Waals surface area contributed by atoms with Gasteiger partial charge in [-0.15, -0.1) is 0 Å². The van der Waals surface area contributed by atoms with Gasteiger partial charge in [0.1, 0.15) is 6.61 Å². The van der Waals surface area contributed by atoms with Gasteiger partial charge in [0.25, 0.3) is 0 Å². The Balaban J connectivity index is 0. The van der Waals surface area contributed by atoms with Crippen molar-refractivity contribution >= 4 is 0 Å². The number of hydroxylamine groups is 1. The van der Waals surface area contributed by atoms with Gasteiger partial charge in [0.05, 0.1) is 0 Å². The van der Waals surface area contributed by atoms with Gasteiger partial charge >= 0.3 is 29.6 Å². The minimum Gasteiger partial charge on any atom is -0.597 e. The predicted octanol–water partition coefficient (Wildman–Crippen LogP) is -3.28. The monoisotopic (exact) mass is 143 g/mol. The summed E-state index contributed by atoms with van der Waals surface area (Å²) in [5.41, 5.74) is 0. The first-order valence-corrected chi connectivity index (χ1v) is 2.14. The van der Waals surface area contributed by atoms with E-state index in [0.29, 0.717) is 0 Å². The van der Waals surface area contributed by atoms with E-state index in [9.17, 15) is 5.21 Å². The second-order valence-corrected chi connectivity index (χ2v) is 1.42. The van der Waals surface area contributed by atoms with Gasteiger partial charge in [0.2, 0.25) is 6.04 Å². The van der Waals surface area contributed by atoms with E-state index in [1.165, 1.54) is 6.92 Å². The van der Waals surface area contributed by atoms with Crippen molar-refractivity contribution in [2.45, 2.75) is 13.0 Å². The van der Waals surface area contributed by atoms with E-state index in [-0.39, 0.29) is 41.0 Å². The van der Waals surface area contributed by atoms with Crippen LogP contribution in [0, 0.1) is 5.21 Å². The fraction of sp³-hybridized carbons (Fsp3) is 1.00. The molecule has 0 aromatic heterocycles. The zero-order valence-electron chi connectivity index (χ0n) is 5.48. The number of rotatable bonds is 2. The van der Waals surface area contributed by atoms with Gasteiger partial charge in [0, 0.05) is 6.92 Å². The largest absolute Gasteiger partial charge is 1.00 e. The van der Waals surface area contributed by atoms with Crippen molar-refractivity contribution in [1.29, 1.82) is 0 Å². The zero-order valence-corrected chi connectivity index (χ0v) is 7.48. The van der Waals surface area contributed by atoms with Gasteiger partial charge < -0.3 is 15.5 Å². The van der Waals surface area contributed by atoms with Gasteiger partial charge in [0.15, 0.2) is 5.28 Å². The number of aliphatic hydroxyl groups excluding tert-OH is 1. The topological polar surface area (TPSA) is 78.9 Å². The van der Waals surface area contributed by atoms with Gasteiger partial charge in [-0.3, -0.25) is 0 Å². The van der Waals surface area contributed by atoms with Gasteiger partial charge in [-0.2, -0.15) is 0 Å². The maximum absolute atomic E-state index is 10.1. The van der Waals surface area contributed by atoms with Crippen molar-refractivity contribution in [3.63, 3.8) is 0 Å². The van der Waals surface area contributed by atoms with Crippen molar-refractivity contribution in [1.82, 2.24) is 0 Å². The van der Waals surface area contributed by atoms with Crippen LogP contribution in [0.1, 0.15) is 6.92 Å². The number of nitrogens with zero attached hydrogens (tertiary/aromatic N) is 2. The average Bonchev–Trinajstić information content (AvgIpc) is 1.84. The summed E-state index contributed by atoms with van der Waals surface area (Å²) < 4.78 is 0. The van der Waals surface area contributed by atoms with Crippen molar-refractivity contribution in [2.75, 3.05) is 6.61 Å². The molecule has 0 fully saturated rings. The van der Waals surface area contributed by atoms with Crippen molar-refractivity contribution in [2.24, 2.45) is 5.28 Å². The molecule has 0 saturated carbocycles. The Bertz CT molecular complexity index is 97.1. The van der Waals surface area contributed by atoms with Crippen LogP contribution in [0.5, 0.6) is 0 Å². The molecule has 0 amide bonds. The van der Waals surface area contributed by atoms with Crippen LogP contribution in [0.2, 0.25) is 0 Å². The molecule has 0 aliphatic carbocycles. The van der Waals surface area contributed by atoms with E-state index < -0.39 is 6.04 Å². The van der Waals surface area contributed by atoms with E-state index >= 15 is 0 Å². The second-order valence-electron chi connectivity index (χ2n) is 1.42. The number of hydrogen-bond donors (Lipinski definition) is 2. The summed E-state index contributed by atoms with van der Waals surface area (Å²) in [6.45, 7) is 1.13. The molecule has 0 rings (SSSR count). The second kappa shape index (κ2) is 6.28. The summed E-state index contributed by atoms with van der Waals surface area (Å²) in [7, 11) is 0. The summed E-state index contributed by atoms with van der Waals surface area (Å²) in [4.78, 5) is 0.0278. The van der Waals surface area contributed by atoms with Crippen LogP contribution in [0.25, 0.3) is 0 Å². The van der Waals surface area contributed by atoms with E-state index in [2.05, 4.69) is 5.28 Å². The Morgan fingerprint density at radius 2 is 2.22 bits per heavy atom. The molecule has 1 unspecified atom stereocenters. The minimum atomic E-state index is -0.667. The van der Waals surface area contributed by atoms with E-state index in [4.69, 9.17) is 10.3 Å². The molecule has 0 radical (unpaired) electrons. The average molecular weight is 143 g/mol. The van der Waals surface area contributed by atoms with Crippen molar-refractivity contribution in [3.8, 4) is 0 Å². The molecular weight excluding hydrogens is 135 g/mol. The molecule has 0 aromatic rings. The normalized spacial score (nSPS) is 14.2. The first-order valence-electron chi connectivity index (χ1n) is 2.14. The van der Waals surface area contributed by atoms with Crippen LogP contribution < -0.4 is 29.6 Å². The molecule has 0 saturated heterocycles. The Hall–Kier alpha value is 0.160. The maximum atomic E-state index is 10.1. The third-order valence-corrected chi connectivity index (χ3v) is 0.729. The number of aliphatic hydroxyl groups is 1. The van der Waals surface area contributed by atoms with Crippen molar-refractivity contribution in [3.05, 3.63) is 5.21 Å². The van der Waals surface area contributed by atoms with Gasteiger partial charge in [-0.25, -0.2) is 0 Å². The fourth-order valence-corrected chi connectivity index (χ4v) is 0.158. The standard InChI is InChI=1S/C3H8N2O3.Na/c1-3(2-6)5(8)4-7;/h3,6-7H,2H2,1H3;/q;+1/b5-4-;. The molecule has 0 aliphatic heterocycles. The molecule has 0 heterocycles. The number of hydrogen-bond acceptors (Lipinski definition) is 3. The van der Waals surface area contributed by atoms with Crippen LogP contribution in [-0.2, 0) is 0 Å². The molecular formula is C3H8N2NaO3+. The summed E-state index contributed by atoms with van der Waals surface area (Å²) >= 11 is 0. The van der Waals surface area contributed by atoms with E-state index in [1.54, 1.807) is 0 Å². The van der Waals surface area contributed by atoms with Crippen LogP contribution >= 0.6 is 0 Å². The van der Waals surface area contributed by atoms with Crippen molar-refractivity contribution < 1.29 is 44.7 Å². The SMILES string of the molecule is CC(CO)/[N+]([O-])=N/O.[Na+]. The third-order valence-electron chi connectivity index (χ3n) is 0.729. The predicted molar refractivity (Wildman–Crippen MR) is 24.4 cm³/mol. The Morgan fingerprint density at radius 3 is 2.33 bits per heavy atom. The van der Waals surface area contributed by atoms with Gasteiger partial charge in [-0.05, 0) is 0 Å². The molecule has 6 heteroatoms. The summed E-state index contributed by atoms with van der Waals surface area (Å²) in [6.07, 6.45) is 0. The smallest absolute Gasteiger partial charge is 0.597 e.